The molecule has 2 aliphatic heterocycles. The van der Waals surface area contributed by atoms with Gasteiger partial charge in [-0.3, -0.25) is 19.7 Å². The summed E-state index contributed by atoms with van der Waals surface area (Å²) in [6, 6.07) is 18.1. The summed E-state index contributed by atoms with van der Waals surface area (Å²) in [5.74, 6) is 2.47. The monoisotopic (exact) mass is 763 g/mol. The number of aryl methyl sites for hydroxylation is 2. The number of hydrogen-bond donors (Lipinski definition) is 5. The second-order valence-electron chi connectivity index (χ2n) is 13.8. The number of carbonyl (C=O) groups is 2. The van der Waals surface area contributed by atoms with Crippen LogP contribution in [0, 0.1) is 21.4 Å². The third-order valence-corrected chi connectivity index (χ3v) is 9.11. The second kappa shape index (κ2) is 19.1. The van der Waals surface area contributed by atoms with Gasteiger partial charge in [-0.05, 0) is 56.0 Å². The third kappa shape index (κ3) is 11.5. The number of rotatable bonds is 13. The smallest absolute Gasteiger partial charge is 0.294 e. The predicted octanol–water partition coefficient (Wildman–Crippen LogP) is 5.14. The predicted molar refractivity (Wildman–Crippen MR) is 216 cm³/mol. The summed E-state index contributed by atoms with van der Waals surface area (Å²) in [4.78, 5) is 55.9. The molecule has 17 nitrogen and oxygen atoms in total. The zero-order valence-corrected chi connectivity index (χ0v) is 32.2. The lowest BCUT2D eigenvalue weighted by Crippen LogP contribution is -2.35. The molecule has 0 spiro atoms. The number of nitrogens with one attached hydrogen (secondary N) is 4. The molecule has 4 aromatic rings. The number of anilines is 7. The van der Waals surface area contributed by atoms with E-state index in [9.17, 15) is 19.7 Å². The molecule has 4 heterocycles. The van der Waals surface area contributed by atoms with Crippen LogP contribution in [0.5, 0.6) is 0 Å². The third-order valence-electron chi connectivity index (χ3n) is 9.11. The Labute approximate surface area is 326 Å². The normalized spacial score (nSPS) is 16.0. The zero-order chi connectivity index (χ0) is 40.2. The summed E-state index contributed by atoms with van der Waals surface area (Å²) in [6.07, 6.45) is 5.33. The largest absolute Gasteiger partial charge is 0.393 e. The molecule has 2 atom stereocenters. The summed E-state index contributed by atoms with van der Waals surface area (Å²) < 4.78 is 0. The first-order valence-electron chi connectivity index (χ1n) is 18.8. The van der Waals surface area contributed by atoms with Gasteiger partial charge in [0.05, 0.1) is 16.6 Å². The van der Waals surface area contributed by atoms with Crippen molar-refractivity contribution in [1.82, 2.24) is 30.6 Å². The van der Waals surface area contributed by atoms with Gasteiger partial charge in [-0.25, -0.2) is 9.97 Å². The number of nitriles is 1. The number of amides is 2. The summed E-state index contributed by atoms with van der Waals surface area (Å²) in [6.45, 7) is 10.3. The van der Waals surface area contributed by atoms with Crippen molar-refractivity contribution in [1.29, 1.82) is 5.26 Å². The van der Waals surface area contributed by atoms with Crippen LogP contribution in [0.2, 0.25) is 0 Å². The van der Waals surface area contributed by atoms with E-state index in [1.807, 2.05) is 24.3 Å². The first-order valence-corrected chi connectivity index (χ1v) is 18.8. The van der Waals surface area contributed by atoms with Gasteiger partial charge in [0.1, 0.15) is 17.3 Å². The van der Waals surface area contributed by atoms with E-state index in [2.05, 4.69) is 70.9 Å². The molecule has 6 N–H and O–H groups in total. The molecule has 294 valence electrons. The molecular weight excluding hydrogens is 715 g/mol. The lowest BCUT2D eigenvalue weighted by atomic mass is 10.2. The molecule has 2 amide bonds. The van der Waals surface area contributed by atoms with Gasteiger partial charge in [0, 0.05) is 93.1 Å². The number of aromatic nitrogens is 4. The molecule has 2 unspecified atom stereocenters. The Morgan fingerprint density at radius 3 is 1.80 bits per heavy atom. The highest BCUT2D eigenvalue weighted by Gasteiger charge is 2.26. The minimum atomic E-state index is -0.521. The molecule has 6 rings (SSSR count). The molecule has 2 aromatic heterocycles. The van der Waals surface area contributed by atoms with Crippen molar-refractivity contribution in [3.63, 3.8) is 0 Å². The summed E-state index contributed by atoms with van der Waals surface area (Å²) in [5.41, 5.74) is 9.31. The van der Waals surface area contributed by atoms with E-state index in [-0.39, 0.29) is 35.3 Å². The van der Waals surface area contributed by atoms with Crippen LogP contribution in [0.4, 0.5) is 46.3 Å². The molecule has 2 saturated heterocycles. The quantitative estimate of drug-likeness (QED) is 0.0675. The Balaban J connectivity index is 0.000000215. The number of nitro groups is 1. The molecule has 0 saturated carbocycles. The fourth-order valence-electron chi connectivity index (χ4n) is 6.62. The van der Waals surface area contributed by atoms with Crippen LogP contribution < -0.4 is 36.8 Å². The molecule has 17 heteroatoms. The molecule has 2 fully saturated rings. The lowest BCUT2D eigenvalue weighted by molar-refractivity contribution is -0.383. The van der Waals surface area contributed by atoms with E-state index < -0.39 is 4.92 Å². The van der Waals surface area contributed by atoms with E-state index in [1.165, 1.54) is 19.1 Å². The van der Waals surface area contributed by atoms with E-state index in [0.717, 1.165) is 86.9 Å². The Hall–Kier alpha value is -6.57. The molecule has 2 aromatic carbocycles. The van der Waals surface area contributed by atoms with E-state index in [4.69, 9.17) is 11.0 Å². The minimum Gasteiger partial charge on any atom is -0.393 e. The van der Waals surface area contributed by atoms with Crippen molar-refractivity contribution >= 4 is 58.1 Å². The number of nitrogens with zero attached hydrogens (tertiary/aromatic N) is 8. The number of benzene rings is 2. The van der Waals surface area contributed by atoms with Crippen molar-refractivity contribution in [2.24, 2.45) is 0 Å². The van der Waals surface area contributed by atoms with Crippen LogP contribution in [0.1, 0.15) is 70.3 Å². The van der Waals surface area contributed by atoms with Crippen LogP contribution in [-0.2, 0) is 22.4 Å². The van der Waals surface area contributed by atoms with Gasteiger partial charge >= 0.3 is 0 Å². The SMILES string of the molecule is CCCc1cc(N2CCC(NC(C)=O)C2)nc(Nc2ccc(N)c([N+](=O)[O-])c2)n1.CCCc1cc(N2CCC(NC(C)=O)C2)nc(Nc2cccc(C#N)c2)n1. The van der Waals surface area contributed by atoms with Crippen molar-refractivity contribution in [3.8, 4) is 6.07 Å². The number of nitro benzene ring substituents is 1. The van der Waals surface area contributed by atoms with Gasteiger partial charge in [-0.15, -0.1) is 0 Å². The van der Waals surface area contributed by atoms with Crippen LogP contribution in [0.25, 0.3) is 0 Å². The number of carbonyl (C=O) groups excluding carboxylic acids is 2. The Bertz CT molecular complexity index is 2070. The average Bonchev–Trinajstić information content (AvgIpc) is 3.82. The first kappa shape index (κ1) is 40.6. The van der Waals surface area contributed by atoms with E-state index in [1.54, 1.807) is 25.1 Å². The summed E-state index contributed by atoms with van der Waals surface area (Å²) in [5, 5.41) is 32.4. The fraction of sp³-hybridized carbons (Fsp3) is 0.410. The van der Waals surface area contributed by atoms with E-state index >= 15 is 0 Å². The first-order chi connectivity index (χ1) is 26.9. The Kier molecular flexibility index (Phi) is 13.9. The second-order valence-corrected chi connectivity index (χ2v) is 13.8. The lowest BCUT2D eigenvalue weighted by Gasteiger charge is -2.19. The molecule has 0 bridgehead atoms. The van der Waals surface area contributed by atoms with Crippen LogP contribution in [0.3, 0.4) is 0 Å². The maximum absolute atomic E-state index is 11.3. The summed E-state index contributed by atoms with van der Waals surface area (Å²) in [7, 11) is 0. The highest BCUT2D eigenvalue weighted by atomic mass is 16.6. The fourth-order valence-corrected chi connectivity index (χ4v) is 6.62. The topological polar surface area (TPSA) is 233 Å². The number of nitrogens with two attached hydrogens (primary N) is 1. The van der Waals surface area contributed by atoms with E-state index in [0.29, 0.717) is 29.7 Å². The molecule has 56 heavy (non-hydrogen) atoms. The molecular formula is C39H49N13O4. The van der Waals surface area contributed by atoms with Crippen LogP contribution in [-0.4, -0.2) is 74.9 Å². The Morgan fingerprint density at radius 1 is 0.821 bits per heavy atom. The van der Waals surface area contributed by atoms with Crippen molar-refractivity contribution in [2.75, 3.05) is 52.3 Å². The maximum Gasteiger partial charge on any atom is 0.294 e. The van der Waals surface area contributed by atoms with Gasteiger partial charge < -0.3 is 36.8 Å². The average molecular weight is 764 g/mol. The molecule has 0 radical (unpaired) electrons. The van der Waals surface area contributed by atoms with Gasteiger partial charge in [0.25, 0.3) is 5.69 Å². The van der Waals surface area contributed by atoms with Crippen molar-refractivity contribution in [2.45, 2.75) is 78.3 Å². The highest BCUT2D eigenvalue weighted by Crippen LogP contribution is 2.28. The van der Waals surface area contributed by atoms with Crippen molar-refractivity contribution in [3.05, 3.63) is 81.7 Å². The molecule has 2 aliphatic rings. The van der Waals surface area contributed by atoms with Crippen LogP contribution in [0.15, 0.2) is 54.6 Å². The number of hydrogen-bond acceptors (Lipinski definition) is 14. The van der Waals surface area contributed by atoms with Gasteiger partial charge in [0.15, 0.2) is 0 Å². The highest BCUT2D eigenvalue weighted by molar-refractivity contribution is 5.74. The Morgan fingerprint density at radius 2 is 1.34 bits per heavy atom. The van der Waals surface area contributed by atoms with Gasteiger partial charge in [0.2, 0.25) is 23.7 Å². The number of nitrogen functional groups attached to an aromatic ring is 1. The molecule has 0 aliphatic carbocycles. The minimum absolute atomic E-state index is 0.00376. The van der Waals surface area contributed by atoms with Crippen molar-refractivity contribution < 1.29 is 14.5 Å². The summed E-state index contributed by atoms with van der Waals surface area (Å²) >= 11 is 0. The standard InChI is InChI=1S/C20H24N6O.C19H25N7O3/c1-3-5-16-11-19(26-9-8-18(13-26)22-14(2)27)25-20(23-16)24-17-7-4-6-15(10-17)12-21;1-3-4-13-10-18(25-8-7-15(11-25)21-12(2)27)24-19(22-13)23-14-5-6-16(20)17(9-14)26(28)29/h4,6-7,10-11,18H,3,5,8-9,13H2,1-2H3,(H,22,27)(H,23,24,25);5-6,9-10,15H,3-4,7-8,11,20H2,1-2H3,(H,21,27)(H,22,23,24). The van der Waals surface area contributed by atoms with Gasteiger partial charge in [-0.2, -0.15) is 15.2 Å². The van der Waals surface area contributed by atoms with Gasteiger partial charge in [-0.1, -0.05) is 32.8 Å². The maximum atomic E-state index is 11.3. The zero-order valence-electron chi connectivity index (χ0n) is 32.2. The van der Waals surface area contributed by atoms with Crippen LogP contribution >= 0.6 is 0 Å².